The predicted octanol–water partition coefficient (Wildman–Crippen LogP) is 16.3. The second kappa shape index (κ2) is 57.2. The number of carbonyl (C=O) groups excluding carboxylic acids is 9. The van der Waals surface area contributed by atoms with E-state index in [1.54, 1.807) is 71.8 Å². The minimum atomic E-state index is -0.822. The monoisotopic (exact) mass is 1970 g/mol. The molecule has 772 valence electrons. The lowest BCUT2D eigenvalue weighted by Gasteiger charge is -2.41. The summed E-state index contributed by atoms with van der Waals surface area (Å²) >= 11 is 3.02. The van der Waals surface area contributed by atoms with Crippen molar-refractivity contribution in [2.45, 2.75) is 325 Å². The molecule has 6 aromatic rings. The van der Waals surface area contributed by atoms with Gasteiger partial charge in [-0.15, -0.1) is 22.7 Å². The third-order valence-electron chi connectivity index (χ3n) is 26.9. The molecular weight excluding hydrogens is 1800 g/mol. The molecule has 2 saturated heterocycles. The Bertz CT molecular complexity index is 4760. The number of likely N-dealkylation sites (N-methyl/N-ethyl adjacent to an activating group) is 4. The van der Waals surface area contributed by atoms with E-state index in [9.17, 15) is 53.1 Å². The average molecular weight is 1970 g/mol. The number of carboxylic acids is 1. The Morgan fingerprint density at radius 2 is 0.849 bits per heavy atom. The van der Waals surface area contributed by atoms with Gasteiger partial charge in [0.1, 0.15) is 27.3 Å². The molecule has 2 aliphatic rings. The average Bonchev–Trinajstić information content (AvgIpc) is 1.72. The van der Waals surface area contributed by atoms with Crippen LogP contribution >= 0.6 is 22.7 Å². The summed E-state index contributed by atoms with van der Waals surface area (Å²) in [5.74, 6) is -4.03. The Morgan fingerprint density at radius 1 is 0.482 bits per heavy atom. The van der Waals surface area contributed by atoms with Crippen molar-refractivity contribution < 1.29 is 81.5 Å². The van der Waals surface area contributed by atoms with Gasteiger partial charge in [-0.1, -0.05) is 219 Å². The number of Topliss-reactive ketones (excluding diaryl/α,β-unsaturated/α-hetero) is 1. The molecule has 6 amide bonds. The molecule has 8 rings (SSSR count). The molecule has 2 fully saturated rings. The van der Waals surface area contributed by atoms with Crippen LogP contribution in [0.3, 0.4) is 0 Å². The number of carboxylic acid groups (broad SMARTS) is 1. The van der Waals surface area contributed by atoms with Gasteiger partial charge in [0, 0.05) is 104 Å². The van der Waals surface area contributed by atoms with Crippen molar-refractivity contribution in [3.8, 4) is 0 Å². The van der Waals surface area contributed by atoms with Crippen LogP contribution in [0.1, 0.15) is 252 Å². The van der Waals surface area contributed by atoms with Gasteiger partial charge >= 0.3 is 17.9 Å². The largest absolute Gasteiger partial charge is 0.480 e. The molecule has 30 heteroatoms. The maximum Gasteiger partial charge on any atom is 0.321 e. The topological polar surface area (TPSA) is 342 Å². The molecule has 5 N–H and O–H groups in total. The number of aromatic nitrogens is 2. The SMILES string of the molecule is CC(C)[C@@H](C(=O)O)N(C)Cc1cccc(CC(=O)OC(C)(C)C)c1.CC[C@H](C)[C@@H]([C@@H](CC(=O)N1CCCC1[C@H](OC)[C@@H](C)C(=O)N[C@@H](Cc1ccccc1)c1nccs1)OC)N(C)C(=O)[C@@H](CC(=O)[C@H](C(C)C)N(C)Cc1cccc(CC(=O)OC(C)(C)C)c1)C(C)C.CC[C@H](C)[C@@H]([C@@H](CC(=O)N1CCCC1[C@H](OC)[C@@H](C)C(=O)N[C@@H](Cc1ccccc1)c1nccs1)OC)N(C)C(=O)[C@@H](N)C(C)C. The summed E-state index contributed by atoms with van der Waals surface area (Å²) in [6, 6.07) is 31.9. The number of thiazole rings is 2. The van der Waals surface area contributed by atoms with Crippen LogP contribution in [0.2, 0.25) is 0 Å². The van der Waals surface area contributed by atoms with Gasteiger partial charge in [-0.3, -0.25) is 57.7 Å². The van der Waals surface area contributed by atoms with E-state index in [0.29, 0.717) is 45.4 Å². The number of esters is 2. The number of aliphatic carboxylic acids is 1. The molecule has 0 spiro atoms. The molecule has 2 aliphatic heterocycles. The lowest BCUT2D eigenvalue weighted by atomic mass is 9.83. The fourth-order valence-electron chi connectivity index (χ4n) is 19.5. The van der Waals surface area contributed by atoms with Gasteiger partial charge in [-0.2, -0.15) is 0 Å². The highest BCUT2D eigenvalue weighted by Gasteiger charge is 2.47. The minimum absolute atomic E-state index is 0.0115. The molecular formula is C109H167N11O17S2. The van der Waals surface area contributed by atoms with Crippen molar-refractivity contribution in [2.24, 2.45) is 59.0 Å². The number of rotatable bonds is 50. The third-order valence-corrected chi connectivity index (χ3v) is 28.7. The van der Waals surface area contributed by atoms with Gasteiger partial charge < -0.3 is 69.5 Å². The Labute approximate surface area is 837 Å². The molecule has 0 radical (unpaired) electrons. The summed E-state index contributed by atoms with van der Waals surface area (Å²) in [6.45, 7) is 40.8. The Kier molecular flexibility index (Phi) is 48.7. The van der Waals surface area contributed by atoms with E-state index in [4.69, 9.17) is 34.2 Å². The fourth-order valence-corrected chi connectivity index (χ4v) is 20.9. The van der Waals surface area contributed by atoms with Crippen LogP contribution in [-0.2, 0) is 115 Å². The second-order valence-electron chi connectivity index (χ2n) is 41.4. The van der Waals surface area contributed by atoms with Crippen LogP contribution in [0.4, 0.5) is 0 Å². The van der Waals surface area contributed by atoms with E-state index in [1.807, 2.05) is 257 Å². The van der Waals surface area contributed by atoms with Crippen LogP contribution in [0.5, 0.6) is 0 Å². The molecule has 18 atom stereocenters. The van der Waals surface area contributed by atoms with Crippen LogP contribution in [-0.4, -0.2) is 251 Å². The highest BCUT2D eigenvalue weighted by Crippen LogP contribution is 2.36. The van der Waals surface area contributed by atoms with Gasteiger partial charge in [0.25, 0.3) is 0 Å². The van der Waals surface area contributed by atoms with Crippen molar-refractivity contribution >= 4 is 81.8 Å². The lowest BCUT2D eigenvalue weighted by Crippen LogP contribution is -2.56. The molecule has 139 heavy (non-hydrogen) atoms. The maximum atomic E-state index is 14.8. The quantitative estimate of drug-likeness (QED) is 0.0258. The summed E-state index contributed by atoms with van der Waals surface area (Å²) in [4.78, 5) is 155. The summed E-state index contributed by atoms with van der Waals surface area (Å²) in [5, 5.41) is 21.3. The number of amides is 6. The van der Waals surface area contributed by atoms with Gasteiger partial charge in [0.05, 0.1) is 110 Å². The normalized spacial score (nSPS) is 17.6. The number of methoxy groups -OCH3 is 4. The van der Waals surface area contributed by atoms with Crippen molar-refractivity contribution in [3.05, 3.63) is 176 Å². The summed E-state index contributed by atoms with van der Waals surface area (Å²) in [5.41, 5.74) is 11.0. The Morgan fingerprint density at radius 3 is 1.17 bits per heavy atom. The first-order valence-electron chi connectivity index (χ1n) is 49.8. The maximum absolute atomic E-state index is 14.8. The number of nitrogens with two attached hydrogens (primary N) is 1. The molecule has 0 saturated carbocycles. The van der Waals surface area contributed by atoms with Crippen LogP contribution in [0.25, 0.3) is 0 Å². The third kappa shape index (κ3) is 36.3. The van der Waals surface area contributed by atoms with E-state index < -0.39 is 83.5 Å². The first-order chi connectivity index (χ1) is 65.5. The smallest absolute Gasteiger partial charge is 0.321 e. The Hall–Kier alpha value is -9.24. The Balaban J connectivity index is 0.000000361. The fraction of sp³-hybridized carbons (Fsp3) is 0.633. The predicted molar refractivity (Wildman–Crippen MR) is 549 cm³/mol. The van der Waals surface area contributed by atoms with Crippen LogP contribution < -0.4 is 16.4 Å². The number of hydrogen-bond acceptors (Lipinski definition) is 23. The molecule has 2 unspecified atom stereocenters. The number of benzene rings is 4. The number of nitrogens with zero attached hydrogens (tertiary/aromatic N) is 8. The summed E-state index contributed by atoms with van der Waals surface area (Å²) in [6.07, 6.45) is 7.59. The van der Waals surface area contributed by atoms with E-state index in [-0.39, 0.29) is 151 Å². The van der Waals surface area contributed by atoms with E-state index in [2.05, 4.69) is 48.3 Å². The number of nitrogens with one attached hydrogen (secondary N) is 2. The number of hydrogen-bond donors (Lipinski definition) is 4. The van der Waals surface area contributed by atoms with Gasteiger partial charge in [-0.25, -0.2) is 9.97 Å². The number of likely N-dealkylation sites (tertiary alicyclic amines) is 2. The van der Waals surface area contributed by atoms with E-state index in [1.165, 1.54) is 22.7 Å². The van der Waals surface area contributed by atoms with Gasteiger partial charge in [-0.05, 0) is 163 Å². The summed E-state index contributed by atoms with van der Waals surface area (Å²) in [7, 11) is 13.7. The number of ether oxygens (including phenoxy) is 6. The highest BCUT2D eigenvalue weighted by molar-refractivity contribution is 7.09. The molecule has 0 aliphatic carbocycles. The zero-order valence-corrected chi connectivity index (χ0v) is 90.0. The summed E-state index contributed by atoms with van der Waals surface area (Å²) < 4.78 is 35.0. The van der Waals surface area contributed by atoms with E-state index >= 15 is 0 Å². The lowest BCUT2D eigenvalue weighted by molar-refractivity contribution is -0.155. The zero-order chi connectivity index (χ0) is 104. The molecule has 4 aromatic carbocycles. The first-order valence-corrected chi connectivity index (χ1v) is 51.5. The minimum Gasteiger partial charge on any atom is -0.480 e. The van der Waals surface area contributed by atoms with Gasteiger partial charge in [0.2, 0.25) is 35.4 Å². The van der Waals surface area contributed by atoms with Crippen molar-refractivity contribution in [2.75, 3.05) is 69.7 Å². The van der Waals surface area contributed by atoms with Crippen molar-refractivity contribution in [1.29, 1.82) is 0 Å². The van der Waals surface area contributed by atoms with Crippen LogP contribution in [0.15, 0.2) is 132 Å². The molecule has 0 bridgehead atoms. The van der Waals surface area contributed by atoms with Crippen molar-refractivity contribution in [1.82, 2.24) is 50.0 Å². The molecule has 2 aromatic heterocycles. The van der Waals surface area contributed by atoms with Gasteiger partial charge in [0.15, 0.2) is 5.78 Å². The zero-order valence-electron chi connectivity index (χ0n) is 88.4. The molecule has 28 nitrogen and oxygen atoms in total. The highest BCUT2D eigenvalue weighted by atomic mass is 32.1. The number of ketones is 1. The standard InChI is InChI=1S/C55H83N5O8S.C35H55N5O5S.C19H29NO4/c1-15-37(6)50(59(12)54(65)42(35(2)3)32-45(61)49(36(4)5)58(11)34-41-24-19-23-40(29-41)31-48(63)68-55(8,9)10)46(66-13)33-47(62)60-27-20-25-44(60)51(67-14)38(7)52(64)57-43(53-56-26-28-69-53)30-39-21-17-16-18-22-39;1-9-23(4)31(39(6)35(43)30(36)22(2)3)28(44-7)21-29(41)40-18-13-16-27(40)32(45-8)24(5)33(42)38-26(34-37-17-19-46-34)20-25-14-11-10-12-15-25;1-13(2)17(18(22)23)20(6)12-15-9-7-8-14(10-15)11-16(21)24-19(3,4)5/h16-19,21-24,26,28-29,35-38,42-44,46,49-51H,15,20,25,27,30-34H2,1-14H3,(H,57,64);10-12,14-15,17,19,22-24,26-28,30-32H,9,13,16,18,20-21,36H2,1-8H3,(H,38,42);7-10,13,17H,11-12H2,1-6H3,(H,22,23)/t37-,38+,42-,43-,44?,46+,49-,50-,51+;23-,24+,26-,27?,28+,30-,31-,32+;17-/m000/s1. The number of carbonyl (C=O) groups is 10. The van der Waals surface area contributed by atoms with Crippen LogP contribution in [0, 0.1) is 53.3 Å². The first kappa shape index (κ1) is 118. The van der Waals surface area contributed by atoms with Crippen molar-refractivity contribution in [3.63, 3.8) is 0 Å². The van der Waals surface area contributed by atoms with E-state index in [0.717, 1.165) is 75.5 Å². The molecule has 4 heterocycles. The second-order valence-corrected chi connectivity index (χ2v) is 43.3.